The summed E-state index contributed by atoms with van der Waals surface area (Å²) in [6, 6.07) is 23.7. The molecule has 0 radical (unpaired) electrons. The SMILES string of the molecule is COc1ccc2c(c1)c1c(c(=O)n(CCc3ccccc3)c(=O)n1Cc1ccc(C)cc1)n2C. The van der Waals surface area contributed by atoms with Gasteiger partial charge in [0, 0.05) is 19.0 Å². The van der Waals surface area contributed by atoms with Gasteiger partial charge in [-0.1, -0.05) is 60.2 Å². The molecule has 0 saturated carbocycles. The van der Waals surface area contributed by atoms with Gasteiger partial charge < -0.3 is 9.30 Å². The molecule has 0 unspecified atom stereocenters. The van der Waals surface area contributed by atoms with E-state index < -0.39 is 0 Å². The number of hydrogen-bond donors (Lipinski definition) is 0. The van der Waals surface area contributed by atoms with Crippen LogP contribution in [0.15, 0.2) is 82.4 Å². The molecule has 0 aliphatic heterocycles. The van der Waals surface area contributed by atoms with Gasteiger partial charge in [-0.2, -0.15) is 0 Å². The van der Waals surface area contributed by atoms with E-state index in [0.29, 0.717) is 36.3 Å². The Morgan fingerprint density at radius 3 is 2.26 bits per heavy atom. The van der Waals surface area contributed by atoms with Crippen molar-refractivity contribution in [1.29, 1.82) is 0 Å². The first-order valence-corrected chi connectivity index (χ1v) is 11.4. The second-order valence-electron chi connectivity index (χ2n) is 8.69. The van der Waals surface area contributed by atoms with Crippen LogP contribution in [-0.2, 0) is 26.6 Å². The monoisotopic (exact) mass is 453 g/mol. The van der Waals surface area contributed by atoms with Gasteiger partial charge in [-0.15, -0.1) is 0 Å². The van der Waals surface area contributed by atoms with Crippen molar-refractivity contribution in [2.75, 3.05) is 7.11 Å². The van der Waals surface area contributed by atoms with Crippen molar-refractivity contribution in [3.8, 4) is 5.75 Å². The Balaban J connectivity index is 1.77. The normalized spacial score (nSPS) is 11.4. The first-order valence-electron chi connectivity index (χ1n) is 11.4. The van der Waals surface area contributed by atoms with E-state index in [-0.39, 0.29) is 11.2 Å². The highest BCUT2D eigenvalue weighted by molar-refractivity contribution is 6.06. The number of aryl methyl sites for hydroxylation is 3. The van der Waals surface area contributed by atoms with Crippen LogP contribution in [0.4, 0.5) is 0 Å². The smallest absolute Gasteiger partial charge is 0.331 e. The fraction of sp³-hybridized carbons (Fsp3) is 0.214. The summed E-state index contributed by atoms with van der Waals surface area (Å²) in [5, 5.41) is 0.827. The number of hydrogen-bond acceptors (Lipinski definition) is 3. The van der Waals surface area contributed by atoms with Gasteiger partial charge >= 0.3 is 5.69 Å². The number of methoxy groups -OCH3 is 1. The van der Waals surface area contributed by atoms with Gasteiger partial charge in [0.25, 0.3) is 5.56 Å². The Labute approximate surface area is 197 Å². The average Bonchev–Trinajstić information content (AvgIpc) is 3.15. The second-order valence-corrected chi connectivity index (χ2v) is 8.69. The summed E-state index contributed by atoms with van der Waals surface area (Å²) in [7, 11) is 3.49. The van der Waals surface area contributed by atoms with Gasteiger partial charge in [-0.3, -0.25) is 13.9 Å². The number of benzene rings is 3. The minimum atomic E-state index is -0.302. The maximum absolute atomic E-state index is 13.8. The van der Waals surface area contributed by atoms with E-state index in [1.54, 1.807) is 11.7 Å². The minimum Gasteiger partial charge on any atom is -0.497 e. The molecule has 0 saturated heterocycles. The Kier molecular flexibility index (Phi) is 5.57. The second kappa shape index (κ2) is 8.71. The predicted molar refractivity (Wildman–Crippen MR) is 136 cm³/mol. The van der Waals surface area contributed by atoms with Crippen molar-refractivity contribution >= 4 is 21.9 Å². The van der Waals surface area contributed by atoms with Gasteiger partial charge in [0.1, 0.15) is 11.3 Å². The van der Waals surface area contributed by atoms with E-state index in [0.717, 1.165) is 27.6 Å². The van der Waals surface area contributed by atoms with Crippen LogP contribution in [0.25, 0.3) is 21.9 Å². The highest BCUT2D eigenvalue weighted by Gasteiger charge is 2.21. The molecule has 2 aromatic heterocycles. The molecule has 5 rings (SSSR count). The lowest BCUT2D eigenvalue weighted by molar-refractivity contribution is 0.415. The molecule has 0 atom stereocenters. The van der Waals surface area contributed by atoms with Crippen LogP contribution < -0.4 is 16.0 Å². The van der Waals surface area contributed by atoms with Gasteiger partial charge in [0.15, 0.2) is 0 Å². The molecule has 0 amide bonds. The number of nitrogens with zero attached hydrogens (tertiary/aromatic N) is 3. The summed E-state index contributed by atoms with van der Waals surface area (Å²) in [4.78, 5) is 27.5. The minimum absolute atomic E-state index is 0.270. The van der Waals surface area contributed by atoms with Crippen molar-refractivity contribution in [3.63, 3.8) is 0 Å². The molecule has 34 heavy (non-hydrogen) atoms. The topological polar surface area (TPSA) is 58.2 Å². The largest absolute Gasteiger partial charge is 0.497 e. The summed E-state index contributed by atoms with van der Waals surface area (Å²) in [5.74, 6) is 0.683. The maximum Gasteiger partial charge on any atom is 0.331 e. The number of aromatic nitrogens is 3. The molecule has 5 aromatic rings. The van der Waals surface area contributed by atoms with E-state index in [9.17, 15) is 9.59 Å². The molecule has 3 aromatic carbocycles. The zero-order chi connectivity index (χ0) is 23.8. The molecule has 6 heteroatoms. The lowest BCUT2D eigenvalue weighted by Crippen LogP contribution is -2.41. The molecular weight excluding hydrogens is 426 g/mol. The van der Waals surface area contributed by atoms with E-state index in [1.807, 2.05) is 91.3 Å². The molecule has 0 spiro atoms. The van der Waals surface area contributed by atoms with E-state index >= 15 is 0 Å². The zero-order valence-electron chi connectivity index (χ0n) is 19.6. The van der Waals surface area contributed by atoms with Gasteiger partial charge in [-0.05, 0) is 42.7 Å². The molecule has 0 fully saturated rings. The van der Waals surface area contributed by atoms with Crippen molar-refractivity contribution in [2.45, 2.75) is 26.4 Å². The van der Waals surface area contributed by atoms with Crippen LogP contribution >= 0.6 is 0 Å². The zero-order valence-corrected chi connectivity index (χ0v) is 19.6. The van der Waals surface area contributed by atoms with E-state index in [1.165, 1.54) is 4.57 Å². The molecule has 0 aliphatic carbocycles. The van der Waals surface area contributed by atoms with Gasteiger partial charge in [-0.25, -0.2) is 4.79 Å². The Morgan fingerprint density at radius 2 is 1.56 bits per heavy atom. The molecule has 0 aliphatic rings. The lowest BCUT2D eigenvalue weighted by Gasteiger charge is -2.14. The molecule has 2 heterocycles. The van der Waals surface area contributed by atoms with Crippen LogP contribution in [0, 0.1) is 6.92 Å². The average molecular weight is 454 g/mol. The highest BCUT2D eigenvalue weighted by atomic mass is 16.5. The van der Waals surface area contributed by atoms with Gasteiger partial charge in [0.05, 0.1) is 24.7 Å². The predicted octanol–water partition coefficient (Wildman–Crippen LogP) is 4.26. The Bertz CT molecular complexity index is 1610. The summed E-state index contributed by atoms with van der Waals surface area (Å²) in [6.45, 7) is 2.73. The number of fused-ring (bicyclic) bond motifs is 3. The summed E-state index contributed by atoms with van der Waals surface area (Å²) >= 11 is 0. The maximum atomic E-state index is 13.8. The van der Waals surface area contributed by atoms with Crippen LogP contribution in [-0.4, -0.2) is 20.8 Å². The third-order valence-corrected chi connectivity index (χ3v) is 6.49. The highest BCUT2D eigenvalue weighted by Crippen LogP contribution is 2.29. The molecule has 172 valence electrons. The van der Waals surface area contributed by atoms with Crippen LogP contribution in [0.5, 0.6) is 5.75 Å². The first-order chi connectivity index (χ1) is 16.5. The number of rotatable bonds is 6. The molecule has 0 bridgehead atoms. The number of ether oxygens (including phenoxy) is 1. The van der Waals surface area contributed by atoms with Gasteiger partial charge in [0.2, 0.25) is 0 Å². The van der Waals surface area contributed by atoms with E-state index in [4.69, 9.17) is 4.74 Å². The van der Waals surface area contributed by atoms with E-state index in [2.05, 4.69) is 0 Å². The van der Waals surface area contributed by atoms with Crippen LogP contribution in [0.2, 0.25) is 0 Å². The third kappa shape index (κ3) is 3.71. The van der Waals surface area contributed by atoms with Crippen molar-refractivity contribution < 1.29 is 4.74 Å². The molecule has 0 N–H and O–H groups in total. The first kappa shape index (κ1) is 21.8. The summed E-state index contributed by atoms with van der Waals surface area (Å²) in [5.41, 5.74) is 4.71. The molecular formula is C28H27N3O3. The van der Waals surface area contributed by atoms with Crippen molar-refractivity contribution in [3.05, 3.63) is 110 Å². The fourth-order valence-electron chi connectivity index (χ4n) is 4.61. The fourth-order valence-corrected chi connectivity index (χ4v) is 4.61. The Hall–Kier alpha value is -4.06. The lowest BCUT2D eigenvalue weighted by atomic mass is 10.1. The summed E-state index contributed by atoms with van der Waals surface area (Å²) < 4.78 is 10.4. The van der Waals surface area contributed by atoms with Crippen LogP contribution in [0.3, 0.4) is 0 Å². The third-order valence-electron chi connectivity index (χ3n) is 6.49. The van der Waals surface area contributed by atoms with Crippen molar-refractivity contribution in [2.24, 2.45) is 7.05 Å². The van der Waals surface area contributed by atoms with Crippen LogP contribution in [0.1, 0.15) is 16.7 Å². The van der Waals surface area contributed by atoms with Crippen molar-refractivity contribution in [1.82, 2.24) is 13.7 Å². The molecule has 6 nitrogen and oxygen atoms in total. The quantitative estimate of drug-likeness (QED) is 0.386. The Morgan fingerprint density at radius 1 is 0.824 bits per heavy atom. The standard InChI is InChI=1S/C28H27N3O3/c1-19-9-11-21(12-10-19)18-31-25-23-17-22(34-3)13-14-24(23)29(2)26(25)27(32)30(28(31)33)16-15-20-7-5-4-6-8-20/h4-14,17H,15-16,18H2,1-3H3. The summed E-state index contributed by atoms with van der Waals surface area (Å²) in [6.07, 6.45) is 0.601.